The number of aromatic amines is 1. The van der Waals surface area contributed by atoms with Crippen molar-refractivity contribution in [3.05, 3.63) is 56.8 Å². The van der Waals surface area contributed by atoms with E-state index in [0.717, 1.165) is 54.7 Å². The molecule has 0 radical (unpaired) electrons. The summed E-state index contributed by atoms with van der Waals surface area (Å²) >= 11 is 0. The van der Waals surface area contributed by atoms with E-state index in [0.29, 0.717) is 69.7 Å². The summed E-state index contributed by atoms with van der Waals surface area (Å²) in [5, 5.41) is 0. The normalized spacial score (nSPS) is 20.5. The van der Waals surface area contributed by atoms with Crippen molar-refractivity contribution in [2.24, 2.45) is 11.3 Å². The number of rotatable bonds is 7. The van der Waals surface area contributed by atoms with Crippen LogP contribution in [0.3, 0.4) is 0 Å². The molecule has 2 fully saturated rings. The molecule has 1 spiro atoms. The van der Waals surface area contributed by atoms with Gasteiger partial charge in [-0.15, -0.1) is 0 Å². The number of aromatic nitrogens is 2. The molecule has 2 aromatic rings. The number of benzene rings is 1. The SMILES string of the molecule is COc1ccc2c(c1)CC1(CCN(CC(=O)N(Cc3nc4c(c(=O)[nH]3)COCC4)CC3CC3)CC1)C2=O. The van der Waals surface area contributed by atoms with Gasteiger partial charge in [-0.2, -0.15) is 0 Å². The first kappa shape index (κ1) is 24.3. The van der Waals surface area contributed by atoms with Crippen molar-refractivity contribution >= 4 is 11.7 Å². The van der Waals surface area contributed by atoms with E-state index in [4.69, 9.17) is 9.47 Å². The second-order valence-electron chi connectivity index (χ2n) is 11.0. The molecule has 4 aliphatic rings. The van der Waals surface area contributed by atoms with Crippen LogP contribution in [0.5, 0.6) is 5.75 Å². The highest BCUT2D eigenvalue weighted by atomic mass is 16.5. The zero-order valence-corrected chi connectivity index (χ0v) is 21.4. The van der Waals surface area contributed by atoms with Crippen LogP contribution >= 0.6 is 0 Å². The van der Waals surface area contributed by atoms with E-state index in [1.165, 1.54) is 0 Å². The zero-order valence-electron chi connectivity index (χ0n) is 21.4. The van der Waals surface area contributed by atoms with Crippen LogP contribution in [0.4, 0.5) is 0 Å². The van der Waals surface area contributed by atoms with Crippen LogP contribution in [0.2, 0.25) is 0 Å². The Bertz CT molecular complexity index is 1280. The molecule has 3 heterocycles. The van der Waals surface area contributed by atoms with Crippen molar-refractivity contribution in [2.45, 2.75) is 51.7 Å². The molecule has 196 valence electrons. The van der Waals surface area contributed by atoms with E-state index in [9.17, 15) is 14.4 Å². The molecule has 9 heteroatoms. The van der Waals surface area contributed by atoms with E-state index < -0.39 is 0 Å². The number of piperidine rings is 1. The fourth-order valence-electron chi connectivity index (χ4n) is 6.05. The number of ether oxygens (including phenoxy) is 2. The summed E-state index contributed by atoms with van der Waals surface area (Å²) in [5.74, 6) is 2.14. The van der Waals surface area contributed by atoms with Crippen LogP contribution in [-0.2, 0) is 35.5 Å². The maximum absolute atomic E-state index is 13.4. The monoisotopic (exact) mass is 506 g/mol. The molecule has 1 saturated heterocycles. The Morgan fingerprint density at radius 2 is 2.08 bits per heavy atom. The van der Waals surface area contributed by atoms with Crippen molar-refractivity contribution in [1.82, 2.24) is 19.8 Å². The van der Waals surface area contributed by atoms with Crippen molar-refractivity contribution in [3.63, 3.8) is 0 Å². The molecule has 37 heavy (non-hydrogen) atoms. The third-order valence-corrected chi connectivity index (χ3v) is 8.49. The lowest BCUT2D eigenvalue weighted by molar-refractivity contribution is -0.134. The highest BCUT2D eigenvalue weighted by Crippen LogP contribution is 2.45. The van der Waals surface area contributed by atoms with Gasteiger partial charge in [0.15, 0.2) is 5.78 Å². The van der Waals surface area contributed by atoms with Crippen molar-refractivity contribution in [2.75, 3.05) is 39.9 Å². The molecule has 1 aromatic heterocycles. The first-order valence-corrected chi connectivity index (χ1v) is 13.3. The Hall–Kier alpha value is -3.04. The van der Waals surface area contributed by atoms with Crippen LogP contribution in [0.1, 0.15) is 58.7 Å². The summed E-state index contributed by atoms with van der Waals surface area (Å²) in [5.41, 5.74) is 2.74. The smallest absolute Gasteiger partial charge is 0.256 e. The lowest BCUT2D eigenvalue weighted by Crippen LogP contribution is -2.48. The summed E-state index contributed by atoms with van der Waals surface area (Å²) in [4.78, 5) is 50.8. The van der Waals surface area contributed by atoms with Crippen molar-refractivity contribution in [3.8, 4) is 5.75 Å². The fraction of sp³-hybridized carbons (Fsp3) is 0.571. The molecule has 2 aliphatic carbocycles. The van der Waals surface area contributed by atoms with Crippen LogP contribution in [-0.4, -0.2) is 71.4 Å². The lowest BCUT2D eigenvalue weighted by Gasteiger charge is -2.38. The van der Waals surface area contributed by atoms with Gasteiger partial charge in [-0.1, -0.05) is 0 Å². The first-order valence-electron chi connectivity index (χ1n) is 13.3. The maximum Gasteiger partial charge on any atom is 0.256 e. The van der Waals surface area contributed by atoms with Crippen molar-refractivity contribution < 1.29 is 19.1 Å². The number of amides is 1. The van der Waals surface area contributed by atoms with E-state index in [1.54, 1.807) is 7.11 Å². The average molecular weight is 507 g/mol. The number of methoxy groups -OCH3 is 1. The third-order valence-electron chi connectivity index (χ3n) is 8.49. The second-order valence-corrected chi connectivity index (χ2v) is 11.0. The number of likely N-dealkylation sites (tertiary alicyclic amines) is 1. The van der Waals surface area contributed by atoms with Gasteiger partial charge in [0.2, 0.25) is 5.91 Å². The number of nitrogens with zero attached hydrogens (tertiary/aromatic N) is 3. The number of ketones is 1. The minimum Gasteiger partial charge on any atom is -0.497 e. The van der Waals surface area contributed by atoms with Gasteiger partial charge in [-0.3, -0.25) is 19.3 Å². The molecule has 0 bridgehead atoms. The van der Waals surface area contributed by atoms with Gasteiger partial charge in [0.1, 0.15) is 11.6 Å². The van der Waals surface area contributed by atoms with Gasteiger partial charge < -0.3 is 19.4 Å². The van der Waals surface area contributed by atoms with Gasteiger partial charge >= 0.3 is 0 Å². The zero-order chi connectivity index (χ0) is 25.6. The lowest BCUT2D eigenvalue weighted by atomic mass is 9.75. The number of Topliss-reactive ketones (excluding diaryl/α,β-unsaturated/α-hetero) is 1. The molecule has 9 nitrogen and oxygen atoms in total. The Labute approximate surface area is 216 Å². The summed E-state index contributed by atoms with van der Waals surface area (Å²) in [6.07, 6.45) is 5.13. The molecular weight excluding hydrogens is 472 g/mol. The van der Waals surface area contributed by atoms with E-state index in [-0.39, 0.29) is 22.7 Å². The van der Waals surface area contributed by atoms with Crippen LogP contribution in [0, 0.1) is 11.3 Å². The predicted molar refractivity (Wildman–Crippen MR) is 135 cm³/mol. The third kappa shape index (κ3) is 4.82. The second kappa shape index (κ2) is 9.68. The van der Waals surface area contributed by atoms with Crippen molar-refractivity contribution in [1.29, 1.82) is 0 Å². The molecule has 0 unspecified atom stereocenters. The molecule has 6 rings (SSSR count). The summed E-state index contributed by atoms with van der Waals surface area (Å²) in [6.45, 7) is 3.61. The van der Waals surface area contributed by atoms with Crippen LogP contribution in [0.25, 0.3) is 0 Å². The number of carbonyl (C=O) groups excluding carboxylic acids is 2. The fourth-order valence-corrected chi connectivity index (χ4v) is 6.05. The van der Waals surface area contributed by atoms with Crippen LogP contribution in [0.15, 0.2) is 23.0 Å². The summed E-state index contributed by atoms with van der Waals surface area (Å²) in [6, 6.07) is 5.74. The average Bonchev–Trinajstić information content (AvgIpc) is 3.69. The number of fused-ring (bicyclic) bond motifs is 2. The first-order chi connectivity index (χ1) is 17.9. The standard InChI is InChI=1S/C28H34N4O5/c1-36-20-4-5-21-19(12-20)13-28(26(21)34)7-9-31(10-8-28)16-25(33)32(14-18-2-3-18)15-24-29-23-6-11-37-17-22(23)27(35)30-24/h4-5,12,18H,2-3,6-11,13-17H2,1H3,(H,29,30,35). The molecular formula is C28H34N4O5. The Kier molecular flexibility index (Phi) is 6.36. The van der Waals surface area contributed by atoms with Crippen LogP contribution < -0.4 is 10.3 Å². The Morgan fingerprint density at radius 1 is 1.27 bits per heavy atom. The molecule has 0 atom stereocenters. The maximum atomic E-state index is 13.4. The van der Waals surface area contributed by atoms with E-state index >= 15 is 0 Å². The van der Waals surface area contributed by atoms with Gasteiger partial charge in [-0.05, 0) is 74.9 Å². The van der Waals surface area contributed by atoms with Gasteiger partial charge in [0.25, 0.3) is 5.56 Å². The number of H-pyrrole nitrogens is 1. The number of hydrogen-bond acceptors (Lipinski definition) is 7. The topological polar surface area (TPSA) is 105 Å². The molecule has 1 aromatic carbocycles. The highest BCUT2D eigenvalue weighted by molar-refractivity contribution is 6.05. The quantitative estimate of drug-likeness (QED) is 0.613. The highest BCUT2D eigenvalue weighted by Gasteiger charge is 2.47. The number of hydrogen-bond donors (Lipinski definition) is 1. The number of nitrogens with one attached hydrogen (secondary N) is 1. The largest absolute Gasteiger partial charge is 0.497 e. The van der Waals surface area contributed by atoms with Gasteiger partial charge in [-0.25, -0.2) is 4.98 Å². The number of carbonyl (C=O) groups is 2. The minimum absolute atomic E-state index is 0.0531. The molecule has 1 saturated carbocycles. The van der Waals surface area contributed by atoms with Gasteiger partial charge in [0, 0.05) is 23.9 Å². The predicted octanol–water partition coefficient (Wildman–Crippen LogP) is 2.11. The van der Waals surface area contributed by atoms with E-state index in [1.807, 2.05) is 23.1 Å². The Balaban J connectivity index is 1.10. The Morgan fingerprint density at radius 3 is 2.84 bits per heavy atom. The minimum atomic E-state index is -0.363. The van der Waals surface area contributed by atoms with Gasteiger partial charge in [0.05, 0.1) is 44.7 Å². The van der Waals surface area contributed by atoms with E-state index in [2.05, 4.69) is 14.9 Å². The molecule has 2 aliphatic heterocycles. The summed E-state index contributed by atoms with van der Waals surface area (Å²) in [7, 11) is 1.64. The molecule has 1 N–H and O–H groups in total. The summed E-state index contributed by atoms with van der Waals surface area (Å²) < 4.78 is 10.7. The molecule has 1 amide bonds.